The highest BCUT2D eigenvalue weighted by Gasteiger charge is 2.25. The molecule has 3 aromatic heterocycles. The van der Waals surface area contributed by atoms with Crippen molar-refractivity contribution >= 4 is 22.9 Å². The van der Waals surface area contributed by atoms with Gasteiger partial charge in [0, 0.05) is 38.7 Å². The van der Waals surface area contributed by atoms with E-state index < -0.39 is 0 Å². The van der Waals surface area contributed by atoms with Gasteiger partial charge in [-0.1, -0.05) is 6.58 Å². The molecule has 152 valence electrons. The number of amides is 1. The Morgan fingerprint density at radius 3 is 2.97 bits per heavy atom. The van der Waals surface area contributed by atoms with Crippen LogP contribution in [0.4, 0.5) is 11.4 Å². The first-order chi connectivity index (χ1) is 14.0. The molecule has 4 rings (SSSR count). The lowest BCUT2D eigenvalue weighted by atomic mass is 10.1. The van der Waals surface area contributed by atoms with Gasteiger partial charge in [-0.2, -0.15) is 0 Å². The number of rotatable bonds is 5. The van der Waals surface area contributed by atoms with E-state index >= 15 is 0 Å². The average molecular weight is 397 g/mol. The molecule has 1 amide bonds. The molecule has 0 radical (unpaired) electrons. The molecule has 1 atom stereocenters. The molecule has 1 saturated heterocycles. The van der Waals surface area contributed by atoms with Crippen molar-refractivity contribution in [3.63, 3.8) is 0 Å². The second-order valence-electron chi connectivity index (χ2n) is 6.99. The van der Waals surface area contributed by atoms with Gasteiger partial charge in [0.2, 0.25) is 5.91 Å². The zero-order valence-electron chi connectivity index (χ0n) is 16.4. The highest BCUT2D eigenvalue weighted by molar-refractivity contribution is 5.87. The van der Waals surface area contributed by atoms with Crippen LogP contribution in [0, 0.1) is 0 Å². The number of nitrogens with zero attached hydrogens (tertiary/aromatic N) is 6. The SMILES string of the molecule is C=CC(=O)N1CCCC(n2cc(Nc3cn(C)nc3OC)c3nccn3c2=O)C1. The van der Waals surface area contributed by atoms with Gasteiger partial charge >= 0.3 is 5.69 Å². The number of carbonyl (C=O) groups excluding carboxylic acids is 1. The van der Waals surface area contributed by atoms with Gasteiger partial charge in [0.15, 0.2) is 5.65 Å². The van der Waals surface area contributed by atoms with Crippen LogP contribution in [0.5, 0.6) is 5.88 Å². The third-order valence-corrected chi connectivity index (χ3v) is 5.11. The number of aryl methyl sites for hydroxylation is 1. The molecule has 1 aliphatic rings. The molecule has 10 nitrogen and oxygen atoms in total. The summed E-state index contributed by atoms with van der Waals surface area (Å²) >= 11 is 0. The minimum atomic E-state index is -0.195. The number of nitrogens with one attached hydrogen (secondary N) is 1. The van der Waals surface area contributed by atoms with Crippen molar-refractivity contribution in [3.8, 4) is 5.88 Å². The minimum absolute atomic E-state index is 0.120. The summed E-state index contributed by atoms with van der Waals surface area (Å²) in [7, 11) is 3.35. The zero-order valence-corrected chi connectivity index (χ0v) is 16.4. The molecule has 0 bridgehead atoms. The third kappa shape index (κ3) is 3.37. The maximum absolute atomic E-state index is 13.1. The van der Waals surface area contributed by atoms with E-state index in [0.717, 1.165) is 12.8 Å². The van der Waals surface area contributed by atoms with E-state index in [0.29, 0.717) is 36.0 Å². The normalized spacial score (nSPS) is 16.8. The lowest BCUT2D eigenvalue weighted by molar-refractivity contribution is -0.127. The summed E-state index contributed by atoms with van der Waals surface area (Å²) in [5.41, 5.74) is 1.62. The zero-order chi connectivity index (χ0) is 20.5. The number of anilines is 2. The Morgan fingerprint density at radius 2 is 2.21 bits per heavy atom. The Hall–Kier alpha value is -3.56. The van der Waals surface area contributed by atoms with Crippen LogP contribution in [0.2, 0.25) is 0 Å². The van der Waals surface area contributed by atoms with Crippen molar-refractivity contribution in [1.82, 2.24) is 28.6 Å². The molecule has 1 fully saturated rings. The van der Waals surface area contributed by atoms with Gasteiger partial charge in [-0.05, 0) is 18.9 Å². The fraction of sp³-hybridized carbons (Fsp3) is 0.368. The van der Waals surface area contributed by atoms with Crippen molar-refractivity contribution < 1.29 is 9.53 Å². The number of hydrogen-bond acceptors (Lipinski definition) is 6. The maximum atomic E-state index is 13.1. The summed E-state index contributed by atoms with van der Waals surface area (Å²) in [6, 6.07) is -0.136. The van der Waals surface area contributed by atoms with Crippen molar-refractivity contribution in [2.45, 2.75) is 18.9 Å². The summed E-state index contributed by atoms with van der Waals surface area (Å²) in [6.07, 6.45) is 9.69. The highest BCUT2D eigenvalue weighted by Crippen LogP contribution is 2.28. The van der Waals surface area contributed by atoms with Crippen LogP contribution in [-0.4, -0.2) is 54.7 Å². The average Bonchev–Trinajstić information content (AvgIpc) is 3.36. The molecule has 0 aromatic carbocycles. The lowest BCUT2D eigenvalue weighted by Gasteiger charge is -2.33. The fourth-order valence-electron chi connectivity index (χ4n) is 3.74. The van der Waals surface area contributed by atoms with Crippen LogP contribution in [0.3, 0.4) is 0 Å². The van der Waals surface area contributed by atoms with Crippen molar-refractivity contribution in [2.24, 2.45) is 7.05 Å². The maximum Gasteiger partial charge on any atom is 0.334 e. The number of piperidine rings is 1. The second-order valence-corrected chi connectivity index (χ2v) is 6.99. The topological polar surface area (TPSA) is 98.7 Å². The monoisotopic (exact) mass is 397 g/mol. The first-order valence-corrected chi connectivity index (χ1v) is 9.36. The van der Waals surface area contributed by atoms with Gasteiger partial charge in [-0.15, -0.1) is 5.10 Å². The number of carbonyl (C=O) groups is 1. The third-order valence-electron chi connectivity index (χ3n) is 5.11. The minimum Gasteiger partial charge on any atom is -0.478 e. The summed E-state index contributed by atoms with van der Waals surface area (Å²) in [6.45, 7) is 4.69. The highest BCUT2D eigenvalue weighted by atomic mass is 16.5. The molecule has 0 aliphatic carbocycles. The first-order valence-electron chi connectivity index (χ1n) is 9.36. The van der Waals surface area contributed by atoms with E-state index in [1.54, 1.807) is 53.1 Å². The standard InChI is InChI=1S/C19H23N7O3/c1-4-16(27)24-8-5-6-13(10-24)26-12-14(17-20-7-9-25(17)19(26)28)21-15-11-23(2)22-18(15)29-3/h4,7,9,11-13,21H,1,5-6,8,10H2,2-3H3. The van der Waals surface area contributed by atoms with E-state index in [2.05, 4.69) is 22.0 Å². The Labute approximate surface area is 167 Å². The molecule has 29 heavy (non-hydrogen) atoms. The molecular formula is C19H23N7O3. The Bertz CT molecular complexity index is 1130. The number of hydrogen-bond donors (Lipinski definition) is 1. The van der Waals surface area contributed by atoms with Gasteiger partial charge in [0.1, 0.15) is 5.69 Å². The number of likely N-dealkylation sites (tertiary alicyclic amines) is 1. The Kier molecular flexibility index (Phi) is 4.83. The van der Waals surface area contributed by atoms with Crippen molar-refractivity contribution in [3.05, 3.63) is 47.9 Å². The van der Waals surface area contributed by atoms with E-state index in [1.165, 1.54) is 10.5 Å². The summed E-state index contributed by atoms with van der Waals surface area (Å²) in [5.74, 6) is 0.320. The number of imidazole rings is 1. The molecule has 3 aromatic rings. The molecule has 10 heteroatoms. The molecule has 1 N–H and O–H groups in total. The molecule has 1 unspecified atom stereocenters. The predicted molar refractivity (Wildman–Crippen MR) is 108 cm³/mol. The smallest absolute Gasteiger partial charge is 0.334 e. The summed E-state index contributed by atoms with van der Waals surface area (Å²) in [5, 5.41) is 7.52. The number of methoxy groups -OCH3 is 1. The Morgan fingerprint density at radius 1 is 1.38 bits per heavy atom. The van der Waals surface area contributed by atoms with Gasteiger partial charge in [0.25, 0.3) is 5.88 Å². The quantitative estimate of drug-likeness (QED) is 0.652. The fourth-order valence-corrected chi connectivity index (χ4v) is 3.74. The van der Waals surface area contributed by atoms with Crippen LogP contribution < -0.4 is 15.7 Å². The molecule has 4 heterocycles. The van der Waals surface area contributed by atoms with E-state index in [-0.39, 0.29) is 17.6 Å². The van der Waals surface area contributed by atoms with Gasteiger partial charge in [-0.3, -0.25) is 14.0 Å². The predicted octanol–water partition coefficient (Wildman–Crippen LogP) is 1.33. The van der Waals surface area contributed by atoms with Crippen LogP contribution >= 0.6 is 0 Å². The lowest BCUT2D eigenvalue weighted by Crippen LogP contribution is -2.43. The molecular weight excluding hydrogens is 374 g/mol. The Balaban J connectivity index is 1.75. The van der Waals surface area contributed by atoms with E-state index in [1.807, 2.05) is 0 Å². The van der Waals surface area contributed by atoms with Crippen LogP contribution in [0.15, 0.2) is 42.2 Å². The number of ether oxygens (including phenoxy) is 1. The molecule has 0 saturated carbocycles. The van der Waals surface area contributed by atoms with Crippen molar-refractivity contribution in [2.75, 3.05) is 25.5 Å². The molecule has 0 spiro atoms. The van der Waals surface area contributed by atoms with E-state index in [4.69, 9.17) is 4.74 Å². The summed E-state index contributed by atoms with van der Waals surface area (Å²) in [4.78, 5) is 31.2. The van der Waals surface area contributed by atoms with Crippen LogP contribution in [0.1, 0.15) is 18.9 Å². The number of aromatic nitrogens is 5. The van der Waals surface area contributed by atoms with E-state index in [9.17, 15) is 9.59 Å². The number of fused-ring (bicyclic) bond motifs is 1. The molecule has 1 aliphatic heterocycles. The van der Waals surface area contributed by atoms with Gasteiger partial charge in [-0.25, -0.2) is 14.2 Å². The van der Waals surface area contributed by atoms with Crippen LogP contribution in [0.25, 0.3) is 5.65 Å². The summed E-state index contributed by atoms with van der Waals surface area (Å²) < 4.78 is 10.1. The van der Waals surface area contributed by atoms with Gasteiger partial charge < -0.3 is 15.0 Å². The first kappa shape index (κ1) is 18.8. The van der Waals surface area contributed by atoms with Gasteiger partial charge in [0.05, 0.1) is 25.0 Å². The second kappa shape index (κ2) is 7.46. The van der Waals surface area contributed by atoms with Crippen molar-refractivity contribution in [1.29, 1.82) is 0 Å². The largest absolute Gasteiger partial charge is 0.478 e. The van der Waals surface area contributed by atoms with Crippen LogP contribution in [-0.2, 0) is 11.8 Å².